The number of carbonyl (C=O) groups is 1. The third-order valence-electron chi connectivity index (χ3n) is 3.84. The van der Waals surface area contributed by atoms with Gasteiger partial charge in [-0.05, 0) is 43.3 Å². The molecule has 2 aromatic carbocycles. The first-order valence-corrected chi connectivity index (χ1v) is 8.00. The van der Waals surface area contributed by atoms with E-state index < -0.39 is 17.4 Å². The molecule has 1 heterocycles. The van der Waals surface area contributed by atoms with Crippen LogP contribution in [0.3, 0.4) is 0 Å². The number of rotatable bonds is 4. The monoisotopic (exact) mass is 362 g/mol. The fraction of sp³-hybridized carbons (Fsp3) is 0.222. The van der Waals surface area contributed by atoms with Crippen molar-refractivity contribution in [2.75, 3.05) is 6.61 Å². The van der Waals surface area contributed by atoms with Crippen LogP contribution in [0.4, 0.5) is 4.39 Å². The van der Waals surface area contributed by atoms with E-state index in [1.165, 1.54) is 24.3 Å². The van der Waals surface area contributed by atoms with E-state index in [1.54, 1.807) is 31.2 Å². The molecule has 2 aromatic rings. The molecule has 130 valence electrons. The van der Waals surface area contributed by atoms with Gasteiger partial charge in [0.1, 0.15) is 11.6 Å². The molecular weight excluding hydrogens is 347 g/mol. The number of aliphatic hydroxyl groups is 1. The third-order valence-corrected chi connectivity index (χ3v) is 4.09. The van der Waals surface area contributed by atoms with Gasteiger partial charge in [0.25, 0.3) is 5.91 Å². The second-order valence-corrected chi connectivity index (χ2v) is 6.22. The molecule has 25 heavy (non-hydrogen) atoms. The molecule has 0 aliphatic carbocycles. The van der Waals surface area contributed by atoms with Crippen LogP contribution in [-0.2, 0) is 10.5 Å². The van der Waals surface area contributed by atoms with Crippen molar-refractivity contribution in [3.63, 3.8) is 0 Å². The Labute approximate surface area is 149 Å². The van der Waals surface area contributed by atoms with E-state index in [4.69, 9.17) is 16.3 Å². The van der Waals surface area contributed by atoms with Gasteiger partial charge < -0.3 is 9.84 Å². The number of carbonyl (C=O) groups excluding carboxylic acids is 1. The zero-order valence-electron chi connectivity index (χ0n) is 13.4. The van der Waals surface area contributed by atoms with Gasteiger partial charge in [-0.25, -0.2) is 4.39 Å². The Balaban J connectivity index is 1.77. The highest BCUT2D eigenvalue weighted by Crippen LogP contribution is 2.35. The third kappa shape index (κ3) is 3.65. The van der Waals surface area contributed by atoms with Gasteiger partial charge in [0.05, 0.1) is 0 Å². The molecule has 7 heteroatoms. The minimum Gasteiger partial charge on any atom is -0.484 e. The van der Waals surface area contributed by atoms with Crippen molar-refractivity contribution < 1.29 is 19.0 Å². The van der Waals surface area contributed by atoms with Crippen LogP contribution >= 0.6 is 11.6 Å². The van der Waals surface area contributed by atoms with Crippen LogP contribution in [0.2, 0.25) is 5.02 Å². The van der Waals surface area contributed by atoms with E-state index in [9.17, 15) is 14.3 Å². The molecule has 0 spiro atoms. The molecule has 0 saturated carbocycles. The Morgan fingerprint density at radius 2 is 1.92 bits per heavy atom. The molecule has 1 aliphatic rings. The average Bonchev–Trinajstić information content (AvgIpc) is 2.90. The molecule has 0 bridgehead atoms. The molecule has 1 N–H and O–H groups in total. The van der Waals surface area contributed by atoms with Crippen molar-refractivity contribution in [2.24, 2.45) is 5.10 Å². The summed E-state index contributed by atoms with van der Waals surface area (Å²) in [5, 5.41) is 16.7. The summed E-state index contributed by atoms with van der Waals surface area (Å²) in [5.74, 6) is -0.557. The van der Waals surface area contributed by atoms with Crippen molar-refractivity contribution >= 4 is 23.2 Å². The van der Waals surface area contributed by atoms with Gasteiger partial charge >= 0.3 is 0 Å². The molecule has 3 rings (SSSR count). The molecule has 1 aliphatic heterocycles. The Morgan fingerprint density at radius 3 is 2.56 bits per heavy atom. The highest BCUT2D eigenvalue weighted by molar-refractivity contribution is 6.30. The minimum atomic E-state index is -1.59. The van der Waals surface area contributed by atoms with E-state index in [0.717, 1.165) is 5.01 Å². The predicted octanol–water partition coefficient (Wildman–Crippen LogP) is 3.31. The van der Waals surface area contributed by atoms with Gasteiger partial charge in [-0.15, -0.1) is 0 Å². The standard InChI is InChI=1S/C18H16ClFN2O3/c1-12-10-18(24,13-2-4-14(19)5-3-13)22(21-12)17(23)11-25-16-8-6-15(20)7-9-16/h2-9,24H,10-11H2,1H3/t18-/m1/s1. The Bertz CT molecular complexity index is 808. The van der Waals surface area contributed by atoms with E-state index in [2.05, 4.69) is 5.10 Å². The number of halogens is 2. The zero-order valence-corrected chi connectivity index (χ0v) is 14.2. The van der Waals surface area contributed by atoms with Gasteiger partial charge in [-0.2, -0.15) is 10.1 Å². The maximum atomic E-state index is 12.9. The summed E-state index contributed by atoms with van der Waals surface area (Å²) in [6.45, 7) is 1.40. The highest BCUT2D eigenvalue weighted by Gasteiger charge is 2.44. The van der Waals surface area contributed by atoms with Gasteiger partial charge in [0.2, 0.25) is 0 Å². The number of hydrogen-bond acceptors (Lipinski definition) is 4. The topological polar surface area (TPSA) is 62.1 Å². The van der Waals surface area contributed by atoms with Crippen molar-refractivity contribution in [3.05, 3.63) is 64.9 Å². The highest BCUT2D eigenvalue weighted by atomic mass is 35.5. The lowest BCUT2D eigenvalue weighted by atomic mass is 9.98. The first-order chi connectivity index (χ1) is 11.9. The molecular formula is C18H16ClFN2O3. The fourth-order valence-corrected chi connectivity index (χ4v) is 2.79. The quantitative estimate of drug-likeness (QED) is 0.907. The molecule has 0 unspecified atom stereocenters. The summed E-state index contributed by atoms with van der Waals surface area (Å²) in [6, 6.07) is 11.9. The second-order valence-electron chi connectivity index (χ2n) is 5.78. The molecule has 0 fully saturated rings. The van der Waals surface area contributed by atoms with Crippen LogP contribution < -0.4 is 4.74 Å². The summed E-state index contributed by atoms with van der Waals surface area (Å²) >= 11 is 5.88. The lowest BCUT2D eigenvalue weighted by Gasteiger charge is -2.31. The minimum absolute atomic E-state index is 0.191. The van der Waals surface area contributed by atoms with Crippen molar-refractivity contribution in [1.29, 1.82) is 0 Å². The molecule has 0 aromatic heterocycles. The molecule has 0 radical (unpaired) electrons. The SMILES string of the molecule is CC1=NN(C(=O)COc2ccc(F)cc2)[C@](O)(c2ccc(Cl)cc2)C1. The van der Waals surface area contributed by atoms with E-state index in [0.29, 0.717) is 22.0 Å². The van der Waals surface area contributed by atoms with E-state index in [1.807, 2.05) is 0 Å². The Hall–Kier alpha value is -2.44. The lowest BCUT2D eigenvalue weighted by Crippen LogP contribution is -2.45. The maximum Gasteiger partial charge on any atom is 0.283 e. The van der Waals surface area contributed by atoms with Crippen LogP contribution in [0, 0.1) is 5.82 Å². The van der Waals surface area contributed by atoms with Crippen LogP contribution in [-0.4, -0.2) is 28.3 Å². The number of ether oxygens (including phenoxy) is 1. The molecule has 0 saturated heterocycles. The summed E-state index contributed by atoms with van der Waals surface area (Å²) in [7, 11) is 0. The molecule has 5 nitrogen and oxygen atoms in total. The van der Waals surface area contributed by atoms with Crippen LogP contribution in [0.1, 0.15) is 18.9 Å². The van der Waals surface area contributed by atoms with Gasteiger partial charge in [0.15, 0.2) is 12.3 Å². The number of amides is 1. The summed E-state index contributed by atoms with van der Waals surface area (Å²) in [6.07, 6.45) is 0.191. The normalized spacial score (nSPS) is 19.7. The number of nitrogens with zero attached hydrogens (tertiary/aromatic N) is 2. The van der Waals surface area contributed by atoms with Gasteiger partial charge in [-0.3, -0.25) is 4.79 Å². The summed E-state index contributed by atoms with van der Waals surface area (Å²) in [4.78, 5) is 12.5. The predicted molar refractivity (Wildman–Crippen MR) is 91.8 cm³/mol. The van der Waals surface area contributed by atoms with Crippen LogP contribution in [0.5, 0.6) is 5.75 Å². The lowest BCUT2D eigenvalue weighted by molar-refractivity contribution is -0.159. The number of hydrazone groups is 1. The zero-order chi connectivity index (χ0) is 18.0. The van der Waals surface area contributed by atoms with Crippen LogP contribution in [0.15, 0.2) is 53.6 Å². The number of hydrogen-bond donors (Lipinski definition) is 1. The summed E-state index contributed by atoms with van der Waals surface area (Å²) in [5.41, 5.74) is -0.460. The first-order valence-electron chi connectivity index (χ1n) is 7.62. The Kier molecular flexibility index (Phi) is 4.74. The number of benzene rings is 2. The second kappa shape index (κ2) is 6.82. The smallest absolute Gasteiger partial charge is 0.283 e. The first kappa shape index (κ1) is 17.4. The van der Waals surface area contributed by atoms with Gasteiger partial charge in [0, 0.05) is 22.7 Å². The molecule has 1 atom stereocenters. The van der Waals surface area contributed by atoms with Crippen molar-refractivity contribution in [2.45, 2.75) is 19.1 Å². The molecule has 1 amide bonds. The average molecular weight is 363 g/mol. The van der Waals surface area contributed by atoms with Crippen molar-refractivity contribution in [3.8, 4) is 5.75 Å². The van der Waals surface area contributed by atoms with Gasteiger partial charge in [-0.1, -0.05) is 23.7 Å². The Morgan fingerprint density at radius 1 is 1.28 bits per heavy atom. The maximum absolute atomic E-state index is 12.9. The largest absolute Gasteiger partial charge is 0.484 e. The van der Waals surface area contributed by atoms with E-state index >= 15 is 0 Å². The summed E-state index contributed by atoms with van der Waals surface area (Å²) < 4.78 is 18.3. The fourth-order valence-electron chi connectivity index (χ4n) is 2.66. The van der Waals surface area contributed by atoms with Crippen LogP contribution in [0.25, 0.3) is 0 Å². The van der Waals surface area contributed by atoms with Crippen molar-refractivity contribution in [1.82, 2.24) is 5.01 Å². The van der Waals surface area contributed by atoms with E-state index in [-0.39, 0.29) is 13.0 Å².